The number of carbonyl (C=O) groups excluding carboxylic acids is 1. The smallest absolute Gasteiger partial charge is 0.261 e. The van der Waals surface area contributed by atoms with Gasteiger partial charge in [0.2, 0.25) is 0 Å². The first-order valence-electron chi connectivity index (χ1n) is 8.26. The van der Waals surface area contributed by atoms with E-state index < -0.39 is 0 Å². The second kappa shape index (κ2) is 7.94. The van der Waals surface area contributed by atoms with Crippen molar-refractivity contribution in [2.24, 2.45) is 0 Å². The lowest BCUT2D eigenvalue weighted by atomic mass is 10.2. The Labute approximate surface area is 150 Å². The van der Waals surface area contributed by atoms with E-state index in [0.717, 1.165) is 33.1 Å². The molecule has 3 rings (SSSR count). The summed E-state index contributed by atoms with van der Waals surface area (Å²) >= 11 is 1.51. The Hall–Kier alpha value is -2.67. The van der Waals surface area contributed by atoms with Crippen molar-refractivity contribution >= 4 is 39.0 Å². The van der Waals surface area contributed by atoms with Crippen LogP contribution in [0.4, 0.5) is 11.6 Å². The van der Waals surface area contributed by atoms with Gasteiger partial charge in [0.1, 0.15) is 17.5 Å². The summed E-state index contributed by atoms with van der Waals surface area (Å²) in [4.78, 5) is 21.6. The van der Waals surface area contributed by atoms with Gasteiger partial charge in [-0.1, -0.05) is 18.2 Å². The van der Waals surface area contributed by atoms with Crippen molar-refractivity contribution in [3.63, 3.8) is 0 Å². The van der Waals surface area contributed by atoms with Crippen LogP contribution in [0.3, 0.4) is 0 Å². The molecule has 3 aromatic rings. The average molecular weight is 355 g/mol. The van der Waals surface area contributed by atoms with E-state index in [1.54, 1.807) is 0 Å². The van der Waals surface area contributed by atoms with E-state index in [1.807, 2.05) is 50.2 Å². The first-order valence-corrected chi connectivity index (χ1v) is 9.07. The van der Waals surface area contributed by atoms with Crippen molar-refractivity contribution in [3.05, 3.63) is 47.1 Å². The number of aromatic nitrogens is 2. The number of hydrogen-bond acceptors (Lipinski definition) is 6. The quantitative estimate of drug-likeness (QED) is 0.567. The number of carbonyl (C=O) groups is 1. The Balaban J connectivity index is 1.52. The number of nitrogens with zero attached hydrogens (tertiary/aromatic N) is 2. The van der Waals surface area contributed by atoms with Crippen molar-refractivity contribution in [2.45, 2.75) is 13.8 Å². The highest BCUT2D eigenvalue weighted by Crippen LogP contribution is 2.24. The number of rotatable bonds is 7. The maximum atomic E-state index is 12.3. The SMILES string of the molecule is CCNc1cc(NCCNC(=O)c2cc3ccccc3s2)nc(C)n1. The van der Waals surface area contributed by atoms with Gasteiger partial charge in [-0.15, -0.1) is 11.3 Å². The van der Waals surface area contributed by atoms with Gasteiger partial charge in [-0.05, 0) is 31.4 Å². The van der Waals surface area contributed by atoms with Crippen LogP contribution in [0.2, 0.25) is 0 Å². The van der Waals surface area contributed by atoms with E-state index in [9.17, 15) is 4.79 Å². The molecule has 0 spiro atoms. The molecule has 7 heteroatoms. The third-order valence-corrected chi connectivity index (χ3v) is 4.68. The summed E-state index contributed by atoms with van der Waals surface area (Å²) in [6.45, 7) is 5.80. The summed E-state index contributed by atoms with van der Waals surface area (Å²) in [6.07, 6.45) is 0. The molecule has 0 aliphatic heterocycles. The lowest BCUT2D eigenvalue weighted by molar-refractivity contribution is 0.0959. The predicted molar refractivity (Wildman–Crippen MR) is 104 cm³/mol. The van der Waals surface area contributed by atoms with Crippen LogP contribution in [-0.2, 0) is 0 Å². The summed E-state index contributed by atoms with van der Waals surface area (Å²) in [6, 6.07) is 11.8. The number of nitrogens with one attached hydrogen (secondary N) is 3. The molecule has 2 heterocycles. The zero-order chi connectivity index (χ0) is 17.6. The fraction of sp³-hybridized carbons (Fsp3) is 0.278. The second-order valence-corrected chi connectivity index (χ2v) is 6.63. The van der Waals surface area contributed by atoms with Gasteiger partial charge in [0, 0.05) is 30.4 Å². The number of amides is 1. The highest BCUT2D eigenvalue weighted by Gasteiger charge is 2.09. The summed E-state index contributed by atoms with van der Waals surface area (Å²) < 4.78 is 1.12. The van der Waals surface area contributed by atoms with Gasteiger partial charge in [-0.25, -0.2) is 9.97 Å². The fourth-order valence-corrected chi connectivity index (χ4v) is 3.46. The number of thiophene rings is 1. The predicted octanol–water partition coefficient (Wildman–Crippen LogP) is 3.27. The maximum absolute atomic E-state index is 12.3. The summed E-state index contributed by atoms with van der Waals surface area (Å²) in [5.74, 6) is 2.21. The maximum Gasteiger partial charge on any atom is 0.261 e. The minimum absolute atomic E-state index is 0.0461. The highest BCUT2D eigenvalue weighted by atomic mass is 32.1. The Kier molecular flexibility index (Phi) is 5.45. The monoisotopic (exact) mass is 355 g/mol. The van der Waals surface area contributed by atoms with Crippen molar-refractivity contribution in [3.8, 4) is 0 Å². The first kappa shape index (κ1) is 17.2. The number of fused-ring (bicyclic) bond motifs is 1. The zero-order valence-electron chi connectivity index (χ0n) is 14.3. The van der Waals surface area contributed by atoms with Gasteiger partial charge >= 0.3 is 0 Å². The van der Waals surface area contributed by atoms with E-state index in [2.05, 4.69) is 25.9 Å². The largest absolute Gasteiger partial charge is 0.370 e. The van der Waals surface area contributed by atoms with Gasteiger partial charge in [-0.3, -0.25) is 4.79 Å². The van der Waals surface area contributed by atoms with E-state index in [1.165, 1.54) is 11.3 Å². The molecule has 2 aromatic heterocycles. The Morgan fingerprint density at radius 2 is 1.84 bits per heavy atom. The van der Waals surface area contributed by atoms with Crippen LogP contribution < -0.4 is 16.0 Å². The third-order valence-electron chi connectivity index (χ3n) is 3.56. The molecule has 0 aliphatic rings. The second-order valence-electron chi connectivity index (χ2n) is 5.55. The summed E-state index contributed by atoms with van der Waals surface area (Å²) in [5.41, 5.74) is 0. The van der Waals surface area contributed by atoms with Crippen LogP contribution in [0.25, 0.3) is 10.1 Å². The standard InChI is InChI=1S/C18H21N5OS/c1-3-19-16-11-17(23-12(2)22-16)20-8-9-21-18(24)15-10-13-6-4-5-7-14(13)25-15/h4-7,10-11H,3,8-9H2,1-2H3,(H,21,24)(H2,19,20,22,23). The minimum atomic E-state index is -0.0461. The van der Waals surface area contributed by atoms with Crippen LogP contribution >= 0.6 is 11.3 Å². The third kappa shape index (κ3) is 4.45. The molecule has 0 saturated carbocycles. The molecule has 1 amide bonds. The zero-order valence-corrected chi connectivity index (χ0v) is 15.1. The first-order chi connectivity index (χ1) is 12.2. The minimum Gasteiger partial charge on any atom is -0.370 e. The van der Waals surface area contributed by atoms with E-state index in [0.29, 0.717) is 18.9 Å². The van der Waals surface area contributed by atoms with Crippen LogP contribution in [-0.4, -0.2) is 35.5 Å². The Morgan fingerprint density at radius 3 is 2.60 bits per heavy atom. The molecular weight excluding hydrogens is 334 g/mol. The molecule has 0 aliphatic carbocycles. The summed E-state index contributed by atoms with van der Waals surface area (Å²) in [5, 5.41) is 10.4. The highest BCUT2D eigenvalue weighted by molar-refractivity contribution is 7.20. The van der Waals surface area contributed by atoms with Crippen LogP contribution in [0.5, 0.6) is 0 Å². The normalized spacial score (nSPS) is 10.6. The molecular formula is C18H21N5OS. The van der Waals surface area contributed by atoms with E-state index in [4.69, 9.17) is 0 Å². The Bertz CT molecular complexity index is 844. The number of benzene rings is 1. The van der Waals surface area contributed by atoms with Gasteiger partial charge in [0.25, 0.3) is 5.91 Å². The molecule has 3 N–H and O–H groups in total. The average Bonchev–Trinajstić information content (AvgIpc) is 3.02. The van der Waals surface area contributed by atoms with Crippen molar-refractivity contribution in [1.29, 1.82) is 0 Å². The molecule has 0 radical (unpaired) electrons. The van der Waals surface area contributed by atoms with Gasteiger partial charge in [0.05, 0.1) is 4.88 Å². The number of aryl methyl sites for hydroxylation is 1. The van der Waals surface area contributed by atoms with Crippen LogP contribution in [0.1, 0.15) is 22.4 Å². The van der Waals surface area contributed by atoms with E-state index in [-0.39, 0.29) is 5.91 Å². The molecule has 0 fully saturated rings. The Morgan fingerprint density at radius 1 is 1.08 bits per heavy atom. The summed E-state index contributed by atoms with van der Waals surface area (Å²) in [7, 11) is 0. The molecule has 6 nitrogen and oxygen atoms in total. The topological polar surface area (TPSA) is 78.9 Å². The number of anilines is 2. The van der Waals surface area contributed by atoms with Crippen molar-refractivity contribution in [1.82, 2.24) is 15.3 Å². The van der Waals surface area contributed by atoms with Gasteiger partial charge in [-0.2, -0.15) is 0 Å². The van der Waals surface area contributed by atoms with Crippen LogP contribution in [0.15, 0.2) is 36.4 Å². The van der Waals surface area contributed by atoms with Gasteiger partial charge in [0.15, 0.2) is 0 Å². The van der Waals surface area contributed by atoms with Crippen molar-refractivity contribution < 1.29 is 4.79 Å². The molecule has 0 unspecified atom stereocenters. The van der Waals surface area contributed by atoms with Crippen molar-refractivity contribution in [2.75, 3.05) is 30.3 Å². The molecule has 0 saturated heterocycles. The molecule has 25 heavy (non-hydrogen) atoms. The lowest BCUT2D eigenvalue weighted by Crippen LogP contribution is -2.28. The van der Waals surface area contributed by atoms with Crippen LogP contribution in [0, 0.1) is 6.92 Å². The number of hydrogen-bond donors (Lipinski definition) is 3. The molecule has 0 atom stereocenters. The molecule has 0 bridgehead atoms. The van der Waals surface area contributed by atoms with E-state index >= 15 is 0 Å². The molecule has 1 aromatic carbocycles. The lowest BCUT2D eigenvalue weighted by Gasteiger charge is -2.09. The fourth-order valence-electron chi connectivity index (χ4n) is 2.48. The van der Waals surface area contributed by atoms with Gasteiger partial charge < -0.3 is 16.0 Å². The molecule has 130 valence electrons.